The molecular formula is C20H24FIN4OS. The number of rotatable bonds is 7. The van der Waals surface area contributed by atoms with Crippen LogP contribution in [0.15, 0.2) is 64.6 Å². The van der Waals surface area contributed by atoms with Crippen LogP contribution in [0.1, 0.15) is 5.56 Å². The first-order chi connectivity index (χ1) is 13.2. The van der Waals surface area contributed by atoms with Crippen molar-refractivity contribution >= 4 is 51.6 Å². The van der Waals surface area contributed by atoms with Crippen molar-refractivity contribution < 1.29 is 8.60 Å². The molecule has 0 saturated carbocycles. The highest BCUT2D eigenvalue weighted by Gasteiger charge is 2.06. The maximum absolute atomic E-state index is 13.3. The number of hydrogen-bond donors (Lipinski definition) is 3. The Labute approximate surface area is 183 Å². The predicted molar refractivity (Wildman–Crippen MR) is 124 cm³/mol. The van der Waals surface area contributed by atoms with E-state index in [9.17, 15) is 8.60 Å². The van der Waals surface area contributed by atoms with Crippen LogP contribution in [0, 0.1) is 5.82 Å². The van der Waals surface area contributed by atoms with Gasteiger partial charge in [-0.3, -0.25) is 9.20 Å². The van der Waals surface area contributed by atoms with Gasteiger partial charge in [-0.05, 0) is 42.3 Å². The fourth-order valence-electron chi connectivity index (χ4n) is 2.85. The number of fused-ring (bicyclic) bond motifs is 1. The lowest BCUT2D eigenvalue weighted by atomic mass is 10.1. The molecular weight excluding hydrogens is 490 g/mol. The van der Waals surface area contributed by atoms with Crippen molar-refractivity contribution in [2.75, 3.05) is 25.9 Å². The summed E-state index contributed by atoms with van der Waals surface area (Å²) in [5.41, 5.74) is 1.93. The van der Waals surface area contributed by atoms with Gasteiger partial charge in [-0.15, -0.1) is 24.0 Å². The van der Waals surface area contributed by atoms with E-state index in [1.165, 1.54) is 12.1 Å². The molecule has 1 heterocycles. The molecule has 1 unspecified atom stereocenters. The first-order valence-electron chi connectivity index (χ1n) is 8.81. The number of benzene rings is 2. The molecule has 5 nitrogen and oxygen atoms in total. The Kier molecular flexibility index (Phi) is 8.91. The second-order valence-electron chi connectivity index (χ2n) is 6.04. The van der Waals surface area contributed by atoms with Gasteiger partial charge in [-0.25, -0.2) is 4.39 Å². The number of halogens is 2. The maximum Gasteiger partial charge on any atom is 0.191 e. The molecule has 0 saturated heterocycles. The highest BCUT2D eigenvalue weighted by molar-refractivity contribution is 14.0. The van der Waals surface area contributed by atoms with Gasteiger partial charge in [0.2, 0.25) is 0 Å². The third kappa shape index (κ3) is 6.03. The smallest absolute Gasteiger partial charge is 0.191 e. The maximum atomic E-state index is 13.3. The number of aliphatic imine (C=N–C) groups is 1. The van der Waals surface area contributed by atoms with Crippen LogP contribution in [0.2, 0.25) is 0 Å². The number of aromatic nitrogens is 1. The van der Waals surface area contributed by atoms with Gasteiger partial charge in [-0.2, -0.15) is 0 Å². The van der Waals surface area contributed by atoms with E-state index in [0.29, 0.717) is 24.8 Å². The van der Waals surface area contributed by atoms with Crippen molar-refractivity contribution in [1.29, 1.82) is 0 Å². The van der Waals surface area contributed by atoms with Gasteiger partial charge < -0.3 is 15.6 Å². The van der Waals surface area contributed by atoms with E-state index in [1.807, 2.05) is 36.5 Å². The number of H-pyrrole nitrogens is 1. The van der Waals surface area contributed by atoms with Crippen LogP contribution in [0.4, 0.5) is 4.39 Å². The van der Waals surface area contributed by atoms with E-state index in [1.54, 1.807) is 13.1 Å². The number of nitrogens with one attached hydrogen (secondary N) is 3. The fourth-order valence-corrected chi connectivity index (χ4v) is 3.84. The van der Waals surface area contributed by atoms with Crippen molar-refractivity contribution in [1.82, 2.24) is 15.6 Å². The van der Waals surface area contributed by atoms with E-state index >= 15 is 0 Å². The Morgan fingerprint density at radius 1 is 1.14 bits per heavy atom. The van der Waals surface area contributed by atoms with Gasteiger partial charge in [-0.1, -0.05) is 18.2 Å². The van der Waals surface area contributed by atoms with Crippen LogP contribution in [-0.4, -0.2) is 41.0 Å². The molecule has 150 valence electrons. The predicted octanol–water partition coefficient (Wildman–Crippen LogP) is 3.44. The summed E-state index contributed by atoms with van der Waals surface area (Å²) in [6.07, 6.45) is 2.69. The van der Waals surface area contributed by atoms with E-state index in [2.05, 4.69) is 20.6 Å². The minimum atomic E-state index is -1.03. The van der Waals surface area contributed by atoms with Crippen molar-refractivity contribution in [3.8, 4) is 0 Å². The molecule has 0 amide bonds. The summed E-state index contributed by atoms with van der Waals surface area (Å²) in [7, 11) is 0.677. The lowest BCUT2D eigenvalue weighted by Gasteiger charge is -2.11. The SMILES string of the molecule is CN=C(NCCc1c[nH]c2cc(F)ccc12)NCCS(=O)c1ccccc1.I. The summed E-state index contributed by atoms with van der Waals surface area (Å²) in [6.45, 7) is 1.25. The summed E-state index contributed by atoms with van der Waals surface area (Å²) in [4.78, 5) is 8.12. The van der Waals surface area contributed by atoms with Gasteiger partial charge in [0, 0.05) is 47.9 Å². The molecule has 0 radical (unpaired) electrons. The van der Waals surface area contributed by atoms with Crippen molar-refractivity contribution in [2.24, 2.45) is 4.99 Å². The quantitative estimate of drug-likeness (QED) is 0.257. The van der Waals surface area contributed by atoms with Crippen molar-refractivity contribution in [2.45, 2.75) is 11.3 Å². The average molecular weight is 514 g/mol. The van der Waals surface area contributed by atoms with Crippen LogP contribution >= 0.6 is 24.0 Å². The number of guanidine groups is 1. The lowest BCUT2D eigenvalue weighted by molar-refractivity contribution is 0.629. The standard InChI is InChI=1S/C20H23FN4OS.HI/c1-22-20(24-11-12-27(26)17-5-3-2-4-6-17)23-10-9-15-14-25-19-13-16(21)7-8-18(15)19;/h2-8,13-14,25H,9-12H2,1H3,(H2,22,23,24);1H. The van der Waals surface area contributed by atoms with Gasteiger partial charge in [0.25, 0.3) is 0 Å². The summed E-state index contributed by atoms with van der Waals surface area (Å²) in [6, 6.07) is 14.2. The molecule has 0 bridgehead atoms. The number of nitrogens with zero attached hydrogens (tertiary/aromatic N) is 1. The van der Waals surface area contributed by atoms with Crippen LogP contribution < -0.4 is 10.6 Å². The number of aromatic amines is 1. The van der Waals surface area contributed by atoms with Crippen molar-refractivity contribution in [3.05, 3.63) is 66.1 Å². The molecule has 0 fully saturated rings. The van der Waals surface area contributed by atoms with E-state index in [0.717, 1.165) is 27.8 Å². The molecule has 0 aliphatic carbocycles. The normalized spacial score (nSPS) is 12.4. The molecule has 1 atom stereocenters. The van der Waals surface area contributed by atoms with Crippen LogP contribution in [0.5, 0.6) is 0 Å². The molecule has 3 N–H and O–H groups in total. The van der Waals surface area contributed by atoms with Crippen LogP contribution in [0.25, 0.3) is 10.9 Å². The lowest BCUT2D eigenvalue weighted by Crippen LogP contribution is -2.40. The molecule has 1 aromatic heterocycles. The van der Waals surface area contributed by atoms with Crippen LogP contribution in [0.3, 0.4) is 0 Å². The molecule has 3 aromatic rings. The summed E-state index contributed by atoms with van der Waals surface area (Å²) in [5, 5.41) is 7.46. The first kappa shape index (κ1) is 22.4. The molecule has 0 spiro atoms. The van der Waals surface area contributed by atoms with Crippen molar-refractivity contribution in [3.63, 3.8) is 0 Å². The summed E-state index contributed by atoms with van der Waals surface area (Å²) in [5.74, 6) is 0.941. The zero-order chi connectivity index (χ0) is 19.1. The molecule has 3 rings (SSSR count). The highest BCUT2D eigenvalue weighted by Crippen LogP contribution is 2.19. The van der Waals surface area contributed by atoms with E-state index in [-0.39, 0.29) is 29.8 Å². The highest BCUT2D eigenvalue weighted by atomic mass is 127. The Morgan fingerprint density at radius 3 is 2.64 bits per heavy atom. The minimum absolute atomic E-state index is 0. The van der Waals surface area contributed by atoms with Gasteiger partial charge in [0.15, 0.2) is 5.96 Å². The third-order valence-corrected chi connectivity index (χ3v) is 5.60. The molecule has 0 aliphatic heterocycles. The second kappa shape index (κ2) is 11.2. The number of hydrogen-bond acceptors (Lipinski definition) is 2. The fraction of sp³-hybridized carbons (Fsp3) is 0.250. The second-order valence-corrected chi connectivity index (χ2v) is 7.61. The Balaban J connectivity index is 0.00000280. The van der Waals surface area contributed by atoms with Gasteiger partial charge in [0.1, 0.15) is 5.82 Å². The molecule has 2 aromatic carbocycles. The molecule has 28 heavy (non-hydrogen) atoms. The minimum Gasteiger partial charge on any atom is -0.361 e. The Bertz CT molecular complexity index is 946. The average Bonchev–Trinajstić information content (AvgIpc) is 3.09. The van der Waals surface area contributed by atoms with E-state index in [4.69, 9.17) is 0 Å². The van der Waals surface area contributed by atoms with E-state index < -0.39 is 10.8 Å². The largest absolute Gasteiger partial charge is 0.361 e. The Morgan fingerprint density at radius 2 is 1.89 bits per heavy atom. The van der Waals surface area contributed by atoms with Crippen LogP contribution in [-0.2, 0) is 17.2 Å². The van der Waals surface area contributed by atoms with Gasteiger partial charge >= 0.3 is 0 Å². The Hall–Kier alpha value is -1.94. The monoisotopic (exact) mass is 514 g/mol. The first-order valence-corrected chi connectivity index (χ1v) is 10.1. The zero-order valence-corrected chi connectivity index (χ0v) is 18.7. The topological polar surface area (TPSA) is 69.3 Å². The summed E-state index contributed by atoms with van der Waals surface area (Å²) >= 11 is 0. The molecule has 8 heteroatoms. The van der Waals surface area contributed by atoms with Gasteiger partial charge in [0.05, 0.1) is 10.8 Å². The molecule has 0 aliphatic rings. The third-order valence-electron chi connectivity index (χ3n) is 4.23. The zero-order valence-electron chi connectivity index (χ0n) is 15.6. The summed E-state index contributed by atoms with van der Waals surface area (Å²) < 4.78 is 25.5.